The first-order valence-corrected chi connectivity index (χ1v) is 17.3. The van der Waals surface area contributed by atoms with E-state index in [2.05, 4.69) is 5.32 Å². The van der Waals surface area contributed by atoms with Crippen LogP contribution in [0.2, 0.25) is 0 Å². The predicted octanol–water partition coefficient (Wildman–Crippen LogP) is 6.43. The molecule has 0 saturated heterocycles. The van der Waals surface area contributed by atoms with Crippen LogP contribution in [0.1, 0.15) is 48.7 Å². The van der Waals surface area contributed by atoms with E-state index in [0.29, 0.717) is 28.4 Å². The van der Waals surface area contributed by atoms with Crippen molar-refractivity contribution in [3.05, 3.63) is 53.4 Å². The molecule has 5 rings (SSSR count). The molecule has 13 heteroatoms. The number of nitrogens with one attached hydrogen (secondary N) is 1. The van der Waals surface area contributed by atoms with Gasteiger partial charge >= 0.3 is 12.1 Å². The van der Waals surface area contributed by atoms with Crippen LogP contribution >= 0.6 is 11.3 Å². The average molecular weight is 658 g/mol. The normalized spacial score (nSPS) is 18.6. The van der Waals surface area contributed by atoms with E-state index in [1.54, 1.807) is 33.2 Å². The number of sulfonamides is 1. The molecule has 11 nitrogen and oxygen atoms in total. The lowest BCUT2D eigenvalue weighted by Crippen LogP contribution is -2.46. The summed E-state index contributed by atoms with van der Waals surface area (Å²) in [6.45, 7) is 2.67. The van der Waals surface area contributed by atoms with E-state index in [-0.39, 0.29) is 47.2 Å². The molecule has 2 N–H and O–H groups in total. The first-order chi connectivity index (χ1) is 21.6. The summed E-state index contributed by atoms with van der Waals surface area (Å²) in [5.74, 6) is -0.669. The number of anilines is 3. The van der Waals surface area contributed by atoms with Crippen LogP contribution < -0.4 is 15.0 Å². The van der Waals surface area contributed by atoms with Crippen molar-refractivity contribution in [2.24, 2.45) is 5.92 Å². The Morgan fingerprint density at radius 2 is 1.80 bits per heavy atom. The average Bonchev–Trinajstić information content (AvgIpc) is 3.42. The molecule has 1 aromatic heterocycles. The number of thiophene rings is 1. The molecule has 1 saturated carbocycles. The van der Waals surface area contributed by atoms with Gasteiger partial charge in [-0.2, -0.15) is 4.31 Å². The smallest absolute Gasteiger partial charge is 0.411 e. The minimum absolute atomic E-state index is 0.0435. The van der Waals surface area contributed by atoms with E-state index in [1.165, 1.54) is 10.4 Å². The molecule has 2 aromatic carbocycles. The molecular formula is C32H39N3O8S2. The number of carbonyl (C=O) groups is 2. The third-order valence-electron chi connectivity index (χ3n) is 8.36. The lowest BCUT2D eigenvalue weighted by molar-refractivity contribution is 0.0703. The summed E-state index contributed by atoms with van der Waals surface area (Å²) in [6.07, 6.45) is 4.43. The van der Waals surface area contributed by atoms with Crippen LogP contribution in [0.15, 0.2) is 53.4 Å². The topological polar surface area (TPSA) is 135 Å². The summed E-state index contributed by atoms with van der Waals surface area (Å²) in [5, 5.41) is 12.4. The molecule has 1 fully saturated rings. The van der Waals surface area contributed by atoms with Crippen molar-refractivity contribution < 1.29 is 37.3 Å². The zero-order valence-corrected chi connectivity index (χ0v) is 27.3. The molecule has 242 valence electrons. The van der Waals surface area contributed by atoms with Gasteiger partial charge in [-0.25, -0.2) is 18.0 Å². The van der Waals surface area contributed by atoms with Crippen molar-refractivity contribution in [1.29, 1.82) is 0 Å². The Morgan fingerprint density at radius 1 is 1.07 bits per heavy atom. The Hall–Kier alpha value is -3.65. The van der Waals surface area contributed by atoms with Crippen LogP contribution in [0.5, 0.6) is 5.75 Å². The molecular weight excluding hydrogens is 618 g/mol. The number of amides is 1. The fraction of sp³-hybridized carbons (Fsp3) is 0.438. The van der Waals surface area contributed by atoms with Gasteiger partial charge < -0.3 is 24.2 Å². The molecule has 0 bridgehead atoms. The fourth-order valence-electron chi connectivity index (χ4n) is 6.12. The lowest BCUT2D eigenvalue weighted by Gasteiger charge is -2.36. The Kier molecular flexibility index (Phi) is 10.3. The van der Waals surface area contributed by atoms with Crippen molar-refractivity contribution >= 4 is 50.5 Å². The minimum Gasteiger partial charge on any atom is -0.490 e. The van der Waals surface area contributed by atoms with E-state index in [0.717, 1.165) is 49.1 Å². The maximum Gasteiger partial charge on any atom is 0.411 e. The number of aromatic carboxylic acids is 1. The predicted molar refractivity (Wildman–Crippen MR) is 173 cm³/mol. The van der Waals surface area contributed by atoms with Crippen molar-refractivity contribution in [2.75, 3.05) is 50.7 Å². The Morgan fingerprint density at radius 3 is 2.47 bits per heavy atom. The van der Waals surface area contributed by atoms with Gasteiger partial charge in [-0.05, 0) is 49.9 Å². The SMILES string of the molecule is CCOC(=O)Nc1cc(-c2cc3c(cc2OCCOC)N(c2ccccc2)C[C@@H](C2CCCCC2)N(C)S3(=O)=O)sc1C(=O)O. The van der Waals surface area contributed by atoms with Gasteiger partial charge in [0.2, 0.25) is 10.0 Å². The molecule has 2 heterocycles. The molecule has 1 aliphatic heterocycles. The molecule has 2 aliphatic rings. The second-order valence-corrected chi connectivity index (χ2v) is 14.1. The zero-order valence-electron chi connectivity index (χ0n) is 25.7. The van der Waals surface area contributed by atoms with Crippen molar-refractivity contribution in [3.8, 4) is 16.2 Å². The number of fused-ring (bicyclic) bond motifs is 1. The summed E-state index contributed by atoms with van der Waals surface area (Å²) >= 11 is 0.908. The van der Waals surface area contributed by atoms with Gasteiger partial charge in [-0.3, -0.25) is 5.32 Å². The highest BCUT2D eigenvalue weighted by Gasteiger charge is 2.41. The number of nitrogens with zero attached hydrogens (tertiary/aromatic N) is 2. The molecule has 3 aromatic rings. The van der Waals surface area contributed by atoms with Gasteiger partial charge in [0.05, 0.1) is 24.6 Å². The quantitative estimate of drug-likeness (QED) is 0.237. The van der Waals surface area contributed by atoms with E-state index < -0.39 is 22.1 Å². The number of para-hydroxylation sites is 1. The number of ether oxygens (including phenoxy) is 3. The summed E-state index contributed by atoms with van der Waals surface area (Å²) < 4.78 is 46.8. The molecule has 0 spiro atoms. The van der Waals surface area contributed by atoms with Crippen LogP contribution in [-0.4, -0.2) is 76.5 Å². The number of rotatable bonds is 10. The third kappa shape index (κ3) is 6.96. The fourth-order valence-corrected chi connectivity index (χ4v) is 8.70. The zero-order chi connectivity index (χ0) is 32.1. The summed E-state index contributed by atoms with van der Waals surface area (Å²) in [4.78, 5) is 26.8. The number of likely N-dealkylation sites (N-methyl/N-ethyl adjacent to an activating group) is 1. The highest BCUT2D eigenvalue weighted by Crippen LogP contribution is 2.47. The van der Waals surface area contributed by atoms with E-state index in [9.17, 15) is 23.1 Å². The largest absolute Gasteiger partial charge is 0.490 e. The van der Waals surface area contributed by atoms with Gasteiger partial charge in [0.25, 0.3) is 0 Å². The second-order valence-electron chi connectivity index (χ2n) is 11.1. The highest BCUT2D eigenvalue weighted by atomic mass is 32.2. The second kappa shape index (κ2) is 14.2. The molecule has 0 unspecified atom stereocenters. The standard InChI is InChI=1S/C32H39N3O8S2/c1-4-42-32(38)33-24-18-28(44-30(24)31(36)37)23-17-29-25(19-27(23)43-16-15-41-3)35(22-13-9-6-10-14-22)20-26(34(2)45(29,39)40)21-11-7-5-8-12-21/h6,9-10,13-14,17-19,21,26H,4-5,7-8,11-12,15-16,20H2,1-3H3,(H,33,38)(H,36,37)/t26-/m0/s1. The Balaban J connectivity index is 1.71. The minimum atomic E-state index is -4.01. The van der Waals surface area contributed by atoms with Crippen LogP contribution in [0, 0.1) is 5.92 Å². The summed E-state index contributed by atoms with van der Waals surface area (Å²) in [5.41, 5.74) is 1.76. The van der Waals surface area contributed by atoms with Gasteiger partial charge in [-0.15, -0.1) is 11.3 Å². The van der Waals surface area contributed by atoms with Crippen molar-refractivity contribution in [1.82, 2.24) is 4.31 Å². The van der Waals surface area contributed by atoms with Gasteiger partial charge in [0.15, 0.2) is 0 Å². The monoisotopic (exact) mass is 657 g/mol. The van der Waals surface area contributed by atoms with E-state index in [4.69, 9.17) is 14.2 Å². The van der Waals surface area contributed by atoms with Crippen LogP contribution in [0.3, 0.4) is 0 Å². The van der Waals surface area contributed by atoms with Crippen molar-refractivity contribution in [2.45, 2.75) is 50.0 Å². The summed E-state index contributed by atoms with van der Waals surface area (Å²) in [7, 11) is -0.794. The number of methoxy groups -OCH3 is 1. The molecule has 0 radical (unpaired) electrons. The number of carboxylic acid groups (broad SMARTS) is 1. The molecule has 1 atom stereocenters. The number of carbonyl (C=O) groups excluding carboxylic acids is 1. The van der Waals surface area contributed by atoms with Crippen LogP contribution in [0.4, 0.5) is 21.9 Å². The van der Waals surface area contributed by atoms with Crippen LogP contribution in [0.25, 0.3) is 10.4 Å². The Labute approximate surface area is 267 Å². The Bertz CT molecular complexity index is 1620. The number of hydrogen-bond acceptors (Lipinski definition) is 9. The molecule has 1 aliphatic carbocycles. The first kappa shape index (κ1) is 32.7. The van der Waals surface area contributed by atoms with Gasteiger partial charge in [0, 0.05) is 48.9 Å². The molecule has 1 amide bonds. The van der Waals surface area contributed by atoms with E-state index in [1.807, 2.05) is 35.2 Å². The van der Waals surface area contributed by atoms with Crippen molar-refractivity contribution in [3.63, 3.8) is 0 Å². The van der Waals surface area contributed by atoms with E-state index >= 15 is 0 Å². The van der Waals surface area contributed by atoms with Gasteiger partial charge in [-0.1, -0.05) is 37.5 Å². The lowest BCUT2D eigenvalue weighted by atomic mass is 9.83. The summed E-state index contributed by atoms with van der Waals surface area (Å²) in [6, 6.07) is 14.2. The maximum absolute atomic E-state index is 14.5. The maximum atomic E-state index is 14.5. The highest BCUT2D eigenvalue weighted by molar-refractivity contribution is 7.89. The third-order valence-corrected chi connectivity index (χ3v) is 11.4. The number of hydrogen-bond donors (Lipinski definition) is 2. The number of carboxylic acids is 1. The number of benzene rings is 2. The van der Waals surface area contributed by atoms with Crippen LogP contribution in [-0.2, 0) is 19.5 Å². The molecule has 45 heavy (non-hydrogen) atoms. The van der Waals surface area contributed by atoms with Gasteiger partial charge in [0.1, 0.15) is 22.1 Å². The first-order valence-electron chi connectivity index (χ1n) is 15.1.